The summed E-state index contributed by atoms with van der Waals surface area (Å²) >= 11 is 0. The maximum atomic E-state index is 14.4. The summed E-state index contributed by atoms with van der Waals surface area (Å²) in [4.78, 5) is 26.5. The molecule has 0 aliphatic carbocycles. The molecule has 0 unspecified atom stereocenters. The maximum absolute atomic E-state index is 14.4. The Bertz CT molecular complexity index is 1110. The quantitative estimate of drug-likeness (QED) is 0.637. The fourth-order valence-corrected chi connectivity index (χ4v) is 4.21. The van der Waals surface area contributed by atoms with Gasteiger partial charge in [-0.25, -0.2) is 9.18 Å². The van der Waals surface area contributed by atoms with Crippen LogP contribution in [0, 0.1) is 5.82 Å². The summed E-state index contributed by atoms with van der Waals surface area (Å²) in [6.07, 6.45) is 0.669. The lowest BCUT2D eigenvalue weighted by molar-refractivity contribution is -0.141. The van der Waals surface area contributed by atoms with E-state index in [1.165, 1.54) is 11.0 Å². The van der Waals surface area contributed by atoms with Crippen LogP contribution in [0.4, 0.5) is 4.39 Å². The van der Waals surface area contributed by atoms with Crippen LogP contribution in [-0.2, 0) is 4.79 Å². The van der Waals surface area contributed by atoms with Crippen LogP contribution in [0.25, 0.3) is 11.1 Å². The molecular formula is C25H22FNO4. The van der Waals surface area contributed by atoms with Crippen LogP contribution in [0.2, 0.25) is 0 Å². The van der Waals surface area contributed by atoms with Crippen molar-refractivity contribution < 1.29 is 23.8 Å². The molecule has 1 heterocycles. The molecule has 158 valence electrons. The SMILES string of the molecule is COc1ccccc1-c1ccc(C(=O)N2[C@@H](C(=O)O)CC[C@H]2c2ccccc2F)cc1. The summed E-state index contributed by atoms with van der Waals surface area (Å²) in [5.74, 6) is -1.24. The van der Waals surface area contributed by atoms with Crippen LogP contribution in [0.1, 0.15) is 34.8 Å². The average molecular weight is 419 g/mol. The van der Waals surface area contributed by atoms with Crippen LogP contribution in [0.3, 0.4) is 0 Å². The largest absolute Gasteiger partial charge is 0.496 e. The van der Waals surface area contributed by atoms with Gasteiger partial charge in [0.25, 0.3) is 5.91 Å². The molecule has 2 atom stereocenters. The lowest BCUT2D eigenvalue weighted by Crippen LogP contribution is -2.42. The third kappa shape index (κ3) is 3.89. The first-order valence-electron chi connectivity index (χ1n) is 10.0. The highest BCUT2D eigenvalue weighted by Gasteiger charge is 2.42. The highest BCUT2D eigenvalue weighted by atomic mass is 19.1. The zero-order valence-electron chi connectivity index (χ0n) is 17.0. The smallest absolute Gasteiger partial charge is 0.326 e. The van der Waals surface area contributed by atoms with Crippen molar-refractivity contribution in [3.63, 3.8) is 0 Å². The van der Waals surface area contributed by atoms with Crippen molar-refractivity contribution in [3.8, 4) is 16.9 Å². The number of para-hydroxylation sites is 1. The van der Waals surface area contributed by atoms with Crippen LogP contribution in [-0.4, -0.2) is 35.0 Å². The number of hydrogen-bond acceptors (Lipinski definition) is 3. The molecule has 1 aliphatic rings. The van der Waals surface area contributed by atoms with Crippen LogP contribution < -0.4 is 4.74 Å². The predicted molar refractivity (Wildman–Crippen MR) is 114 cm³/mol. The number of ether oxygens (including phenoxy) is 1. The monoisotopic (exact) mass is 419 g/mol. The van der Waals surface area contributed by atoms with E-state index >= 15 is 0 Å². The van der Waals surface area contributed by atoms with Crippen molar-refractivity contribution >= 4 is 11.9 Å². The van der Waals surface area contributed by atoms with E-state index in [0.29, 0.717) is 23.3 Å². The number of rotatable bonds is 5. The van der Waals surface area contributed by atoms with Gasteiger partial charge in [0, 0.05) is 16.7 Å². The molecule has 31 heavy (non-hydrogen) atoms. The van der Waals surface area contributed by atoms with E-state index in [9.17, 15) is 19.1 Å². The second-order valence-corrected chi connectivity index (χ2v) is 7.46. The molecule has 0 saturated carbocycles. The summed E-state index contributed by atoms with van der Waals surface area (Å²) < 4.78 is 19.8. The number of carboxylic acids is 1. The lowest BCUT2D eigenvalue weighted by atomic mass is 10.0. The van der Waals surface area contributed by atoms with Gasteiger partial charge in [-0.1, -0.05) is 48.5 Å². The van der Waals surface area contributed by atoms with Crippen molar-refractivity contribution in [1.29, 1.82) is 0 Å². The topological polar surface area (TPSA) is 66.8 Å². The van der Waals surface area contributed by atoms with Crippen LogP contribution >= 0.6 is 0 Å². The van der Waals surface area contributed by atoms with Crippen molar-refractivity contribution in [2.75, 3.05) is 7.11 Å². The number of methoxy groups -OCH3 is 1. The molecule has 5 nitrogen and oxygen atoms in total. The Labute approximate surface area is 179 Å². The van der Waals surface area contributed by atoms with E-state index in [1.807, 2.05) is 24.3 Å². The first kappa shape index (κ1) is 20.6. The number of benzene rings is 3. The first-order chi connectivity index (χ1) is 15.0. The van der Waals surface area contributed by atoms with E-state index in [1.54, 1.807) is 49.6 Å². The number of aliphatic carboxylic acids is 1. The Morgan fingerprint density at radius 3 is 2.32 bits per heavy atom. The van der Waals surface area contributed by atoms with Gasteiger partial charge in [0.05, 0.1) is 13.2 Å². The highest BCUT2D eigenvalue weighted by molar-refractivity contribution is 5.97. The van der Waals surface area contributed by atoms with Crippen LogP contribution in [0.15, 0.2) is 72.8 Å². The molecule has 1 amide bonds. The molecule has 1 saturated heterocycles. The number of nitrogens with zero attached hydrogens (tertiary/aromatic N) is 1. The molecule has 6 heteroatoms. The van der Waals surface area contributed by atoms with Gasteiger partial charge in [0.15, 0.2) is 0 Å². The van der Waals surface area contributed by atoms with Crippen LogP contribution in [0.5, 0.6) is 5.75 Å². The van der Waals surface area contributed by atoms with Gasteiger partial charge >= 0.3 is 5.97 Å². The minimum absolute atomic E-state index is 0.277. The molecule has 3 aromatic carbocycles. The lowest BCUT2D eigenvalue weighted by Gasteiger charge is -2.29. The second kappa shape index (κ2) is 8.60. The summed E-state index contributed by atoms with van der Waals surface area (Å²) in [7, 11) is 1.60. The molecule has 0 aromatic heterocycles. The Kier molecular flexibility index (Phi) is 5.71. The van der Waals surface area contributed by atoms with E-state index in [0.717, 1.165) is 11.1 Å². The van der Waals surface area contributed by atoms with Crippen molar-refractivity contribution in [2.24, 2.45) is 0 Å². The molecule has 1 N–H and O–H groups in total. The maximum Gasteiger partial charge on any atom is 0.326 e. The number of carbonyl (C=O) groups is 2. The normalized spacial score (nSPS) is 18.1. The van der Waals surface area contributed by atoms with Crippen molar-refractivity contribution in [2.45, 2.75) is 24.9 Å². The van der Waals surface area contributed by atoms with Gasteiger partial charge < -0.3 is 14.7 Å². The summed E-state index contributed by atoms with van der Waals surface area (Å²) in [5, 5.41) is 9.66. The average Bonchev–Trinajstić information content (AvgIpc) is 3.24. The highest BCUT2D eigenvalue weighted by Crippen LogP contribution is 2.39. The number of hydrogen-bond donors (Lipinski definition) is 1. The third-order valence-corrected chi connectivity index (χ3v) is 5.72. The molecule has 1 aliphatic heterocycles. The summed E-state index contributed by atoms with van der Waals surface area (Å²) in [5.41, 5.74) is 2.45. The van der Waals surface area contributed by atoms with Gasteiger partial charge in [0.2, 0.25) is 0 Å². The van der Waals surface area contributed by atoms with E-state index in [2.05, 4.69) is 0 Å². The van der Waals surface area contributed by atoms with Crippen molar-refractivity contribution in [1.82, 2.24) is 4.90 Å². The van der Waals surface area contributed by atoms with Gasteiger partial charge in [-0.3, -0.25) is 4.79 Å². The van der Waals surface area contributed by atoms with Gasteiger partial charge in [-0.2, -0.15) is 0 Å². The number of halogens is 1. The number of likely N-dealkylation sites (tertiary alicyclic amines) is 1. The third-order valence-electron chi connectivity index (χ3n) is 5.72. The molecule has 0 spiro atoms. The molecule has 4 rings (SSSR count). The fraction of sp³-hybridized carbons (Fsp3) is 0.200. The Morgan fingerprint density at radius 1 is 0.968 bits per heavy atom. The standard InChI is InChI=1S/C25H22FNO4/c1-31-23-9-5-3-6-18(23)16-10-12-17(13-11-16)24(28)27-21(14-15-22(27)25(29)30)19-7-2-4-8-20(19)26/h2-13,21-22H,14-15H2,1H3,(H,29,30)/t21-,22+/m0/s1. The Balaban J connectivity index is 1.67. The molecular weight excluding hydrogens is 397 g/mol. The van der Waals surface area contributed by atoms with Gasteiger partial charge in [-0.15, -0.1) is 0 Å². The number of carbonyl (C=O) groups excluding carboxylic acids is 1. The number of amides is 1. The minimum atomic E-state index is -1.09. The molecule has 1 fully saturated rings. The van der Waals surface area contributed by atoms with E-state index in [4.69, 9.17) is 4.74 Å². The minimum Gasteiger partial charge on any atom is -0.496 e. The van der Waals surface area contributed by atoms with E-state index in [-0.39, 0.29) is 6.42 Å². The van der Waals surface area contributed by atoms with Crippen molar-refractivity contribution in [3.05, 3.63) is 89.7 Å². The first-order valence-corrected chi connectivity index (χ1v) is 10.0. The predicted octanol–water partition coefficient (Wildman–Crippen LogP) is 4.93. The number of carboxylic acid groups (broad SMARTS) is 1. The molecule has 0 radical (unpaired) electrons. The Hall–Kier alpha value is -3.67. The Morgan fingerprint density at radius 2 is 1.65 bits per heavy atom. The zero-order chi connectivity index (χ0) is 22.0. The van der Waals surface area contributed by atoms with Gasteiger partial charge in [-0.05, 0) is 42.7 Å². The zero-order valence-corrected chi connectivity index (χ0v) is 17.0. The van der Waals surface area contributed by atoms with Gasteiger partial charge in [0.1, 0.15) is 17.6 Å². The summed E-state index contributed by atoms with van der Waals surface area (Å²) in [6.45, 7) is 0. The fourth-order valence-electron chi connectivity index (χ4n) is 4.21. The second-order valence-electron chi connectivity index (χ2n) is 7.46. The van der Waals surface area contributed by atoms with E-state index < -0.39 is 29.8 Å². The summed E-state index contributed by atoms with van der Waals surface area (Å²) in [6, 6.07) is 19.1. The molecule has 0 bridgehead atoms. The molecule has 3 aromatic rings.